The van der Waals surface area contributed by atoms with Gasteiger partial charge in [-0.15, -0.1) is 11.3 Å². The summed E-state index contributed by atoms with van der Waals surface area (Å²) >= 11 is 8.03. The average molecular weight is 324 g/mol. The number of nitrogens with zero attached hydrogens (tertiary/aromatic N) is 2. The van der Waals surface area contributed by atoms with Gasteiger partial charge in [-0.05, 0) is 24.8 Å². The molecular weight excluding hydrogens is 302 g/mol. The third-order valence-electron chi connectivity index (χ3n) is 3.40. The zero-order valence-electron chi connectivity index (χ0n) is 13.0. The largest absolute Gasteiger partial charge is 0.362 e. The molecule has 2 aromatic heterocycles. The molecule has 21 heavy (non-hydrogen) atoms. The molecule has 0 fully saturated rings. The van der Waals surface area contributed by atoms with Crippen molar-refractivity contribution < 1.29 is 0 Å². The fourth-order valence-electron chi connectivity index (χ4n) is 2.13. The van der Waals surface area contributed by atoms with E-state index in [0.29, 0.717) is 5.15 Å². The summed E-state index contributed by atoms with van der Waals surface area (Å²) in [6, 6.07) is 4.53. The lowest BCUT2D eigenvalue weighted by Crippen LogP contribution is -2.13. The highest BCUT2D eigenvalue weighted by atomic mass is 35.5. The molecule has 2 aromatic rings. The number of anilines is 1. The Morgan fingerprint density at radius 3 is 2.67 bits per heavy atom. The second kappa shape index (κ2) is 7.23. The molecule has 0 amide bonds. The molecule has 0 radical (unpaired) electrons. The maximum atomic E-state index is 6.26. The van der Waals surface area contributed by atoms with Gasteiger partial charge in [-0.25, -0.2) is 9.97 Å². The highest BCUT2D eigenvalue weighted by Crippen LogP contribution is 2.30. The van der Waals surface area contributed by atoms with E-state index >= 15 is 0 Å². The molecule has 0 spiro atoms. The molecule has 114 valence electrons. The van der Waals surface area contributed by atoms with Crippen LogP contribution in [0.25, 0.3) is 0 Å². The normalized spacial score (nSPS) is 12.7. The molecule has 0 aliphatic carbocycles. The third kappa shape index (κ3) is 3.95. The molecular formula is C16H22ClN3S. The van der Waals surface area contributed by atoms with Crippen molar-refractivity contribution in [3.8, 4) is 0 Å². The molecule has 0 aromatic carbocycles. The van der Waals surface area contributed by atoms with E-state index in [1.165, 1.54) is 4.88 Å². The van der Waals surface area contributed by atoms with Gasteiger partial charge in [-0.3, -0.25) is 0 Å². The van der Waals surface area contributed by atoms with Crippen LogP contribution < -0.4 is 5.32 Å². The molecule has 0 aliphatic heterocycles. The van der Waals surface area contributed by atoms with Crippen molar-refractivity contribution in [3.05, 3.63) is 38.9 Å². The Morgan fingerprint density at radius 2 is 2.10 bits per heavy atom. The van der Waals surface area contributed by atoms with Crippen molar-refractivity contribution in [1.82, 2.24) is 9.97 Å². The summed E-state index contributed by atoms with van der Waals surface area (Å²) in [5.74, 6) is 1.90. The van der Waals surface area contributed by atoms with E-state index in [4.69, 9.17) is 11.6 Å². The lowest BCUT2D eigenvalue weighted by Gasteiger charge is -2.20. The Labute approximate surface area is 135 Å². The quantitative estimate of drug-likeness (QED) is 0.705. The van der Waals surface area contributed by atoms with E-state index < -0.39 is 0 Å². The smallest absolute Gasteiger partial charge is 0.137 e. The predicted molar refractivity (Wildman–Crippen MR) is 91.5 cm³/mol. The number of thiophene rings is 1. The van der Waals surface area contributed by atoms with Gasteiger partial charge in [0.25, 0.3) is 0 Å². The van der Waals surface area contributed by atoms with E-state index in [9.17, 15) is 0 Å². The first-order valence-electron chi connectivity index (χ1n) is 7.36. The molecule has 2 rings (SSSR count). The van der Waals surface area contributed by atoms with Crippen molar-refractivity contribution in [2.24, 2.45) is 0 Å². The first-order chi connectivity index (χ1) is 10.0. The molecule has 1 N–H and O–H groups in total. The Kier molecular flexibility index (Phi) is 5.59. The summed E-state index contributed by atoms with van der Waals surface area (Å²) in [5.41, 5.74) is 0.915. The second-order valence-corrected chi connectivity index (χ2v) is 6.84. The lowest BCUT2D eigenvalue weighted by atomic mass is 10.1. The third-order valence-corrected chi connectivity index (χ3v) is 4.75. The molecule has 0 bridgehead atoms. The van der Waals surface area contributed by atoms with Crippen LogP contribution in [0.1, 0.15) is 61.8 Å². The van der Waals surface area contributed by atoms with Crippen molar-refractivity contribution >= 4 is 28.8 Å². The van der Waals surface area contributed by atoms with E-state index in [1.807, 2.05) is 6.92 Å². The topological polar surface area (TPSA) is 37.8 Å². The van der Waals surface area contributed by atoms with E-state index in [2.05, 4.69) is 53.6 Å². The van der Waals surface area contributed by atoms with Gasteiger partial charge in [0.1, 0.15) is 16.8 Å². The summed E-state index contributed by atoms with van der Waals surface area (Å²) < 4.78 is 0. The minimum atomic E-state index is 0.259. The highest BCUT2D eigenvalue weighted by molar-refractivity contribution is 7.10. The standard InChI is InChI=1S/C16H22ClN3S/c1-5-7-12(13-8-6-9-21-13)18-16-11(4)14(17)19-15(20-16)10(2)3/h6,8-10,12H,5,7H2,1-4H3,(H,18,19,20). The average Bonchev–Trinajstić information content (AvgIpc) is 2.96. The van der Waals surface area contributed by atoms with Crippen molar-refractivity contribution in [2.75, 3.05) is 5.32 Å². The summed E-state index contributed by atoms with van der Waals surface area (Å²) in [5, 5.41) is 6.21. The first-order valence-corrected chi connectivity index (χ1v) is 8.62. The number of hydrogen-bond acceptors (Lipinski definition) is 4. The van der Waals surface area contributed by atoms with Gasteiger partial charge in [0, 0.05) is 16.4 Å². The van der Waals surface area contributed by atoms with Crippen molar-refractivity contribution in [1.29, 1.82) is 0 Å². The molecule has 5 heteroatoms. The van der Waals surface area contributed by atoms with Gasteiger partial charge in [0.05, 0.1) is 6.04 Å². The minimum absolute atomic E-state index is 0.259. The second-order valence-electron chi connectivity index (χ2n) is 5.50. The van der Waals surface area contributed by atoms with Gasteiger partial charge in [0.2, 0.25) is 0 Å². The fraction of sp³-hybridized carbons (Fsp3) is 0.500. The first kappa shape index (κ1) is 16.2. The van der Waals surface area contributed by atoms with Crippen molar-refractivity contribution in [2.45, 2.75) is 52.5 Å². The molecule has 1 atom stereocenters. The number of hydrogen-bond donors (Lipinski definition) is 1. The summed E-state index contributed by atoms with van der Waals surface area (Å²) in [4.78, 5) is 10.4. The SMILES string of the molecule is CCCC(Nc1nc(C(C)C)nc(Cl)c1C)c1cccs1. The lowest BCUT2D eigenvalue weighted by molar-refractivity contribution is 0.679. The minimum Gasteiger partial charge on any atom is -0.362 e. The summed E-state index contributed by atoms with van der Waals surface area (Å²) in [7, 11) is 0. The highest BCUT2D eigenvalue weighted by Gasteiger charge is 2.17. The maximum absolute atomic E-state index is 6.26. The van der Waals surface area contributed by atoms with Gasteiger partial charge in [0.15, 0.2) is 0 Å². The van der Waals surface area contributed by atoms with Crippen LogP contribution in [-0.4, -0.2) is 9.97 Å². The van der Waals surface area contributed by atoms with Crippen molar-refractivity contribution in [3.63, 3.8) is 0 Å². The van der Waals surface area contributed by atoms with E-state index in [-0.39, 0.29) is 12.0 Å². The fourth-order valence-corrected chi connectivity index (χ4v) is 3.12. The molecule has 0 saturated carbocycles. The molecule has 1 unspecified atom stereocenters. The van der Waals surface area contributed by atoms with Crippen LogP contribution in [-0.2, 0) is 0 Å². The van der Waals surface area contributed by atoms with Gasteiger partial charge in [-0.2, -0.15) is 0 Å². The van der Waals surface area contributed by atoms with E-state index in [1.54, 1.807) is 11.3 Å². The molecule has 3 nitrogen and oxygen atoms in total. The Hall–Kier alpha value is -1.13. The molecule has 2 heterocycles. The Balaban J connectivity index is 2.32. The number of nitrogens with one attached hydrogen (secondary N) is 1. The zero-order chi connectivity index (χ0) is 15.4. The van der Waals surface area contributed by atoms with Crippen LogP contribution in [0, 0.1) is 6.92 Å². The monoisotopic (exact) mass is 323 g/mol. The van der Waals surface area contributed by atoms with Crippen LogP contribution in [0.15, 0.2) is 17.5 Å². The predicted octanol–water partition coefficient (Wildman–Crippen LogP) is 5.58. The number of rotatable bonds is 6. The molecule has 0 saturated heterocycles. The van der Waals surface area contributed by atoms with Gasteiger partial charge >= 0.3 is 0 Å². The van der Waals surface area contributed by atoms with Gasteiger partial charge in [-0.1, -0.05) is 44.9 Å². The van der Waals surface area contributed by atoms with Crippen LogP contribution in [0.5, 0.6) is 0 Å². The van der Waals surface area contributed by atoms with Crippen LogP contribution in [0.3, 0.4) is 0 Å². The van der Waals surface area contributed by atoms with Gasteiger partial charge < -0.3 is 5.32 Å². The zero-order valence-corrected chi connectivity index (χ0v) is 14.6. The Morgan fingerprint density at radius 1 is 1.33 bits per heavy atom. The van der Waals surface area contributed by atoms with E-state index in [0.717, 1.165) is 30.0 Å². The number of halogens is 1. The number of aromatic nitrogens is 2. The Bertz CT molecular complexity index is 581. The summed E-state index contributed by atoms with van der Waals surface area (Å²) in [6.07, 6.45) is 2.18. The summed E-state index contributed by atoms with van der Waals surface area (Å²) in [6.45, 7) is 8.31. The van der Waals surface area contributed by atoms with Crippen LogP contribution in [0.2, 0.25) is 5.15 Å². The van der Waals surface area contributed by atoms with Crippen LogP contribution >= 0.6 is 22.9 Å². The van der Waals surface area contributed by atoms with Crippen LogP contribution in [0.4, 0.5) is 5.82 Å². The molecule has 0 aliphatic rings. The maximum Gasteiger partial charge on any atom is 0.137 e.